The average Bonchev–Trinajstić information content (AvgIpc) is 2.39. The van der Waals surface area contributed by atoms with Gasteiger partial charge in [-0.1, -0.05) is 38.2 Å². The van der Waals surface area contributed by atoms with Crippen LogP contribution in [0.25, 0.3) is 0 Å². The molecule has 1 atom stereocenters. The zero-order chi connectivity index (χ0) is 11.9. The van der Waals surface area contributed by atoms with Crippen molar-refractivity contribution in [3.8, 4) is 0 Å². The van der Waals surface area contributed by atoms with Gasteiger partial charge in [-0.2, -0.15) is 0 Å². The van der Waals surface area contributed by atoms with E-state index in [1.807, 2.05) is 12.3 Å². The fourth-order valence-electron chi connectivity index (χ4n) is 2.80. The van der Waals surface area contributed by atoms with E-state index < -0.39 is 0 Å². The van der Waals surface area contributed by atoms with Gasteiger partial charge in [0, 0.05) is 12.4 Å². The van der Waals surface area contributed by atoms with Crippen LogP contribution in [0.2, 0.25) is 0 Å². The summed E-state index contributed by atoms with van der Waals surface area (Å²) >= 11 is 0. The van der Waals surface area contributed by atoms with Gasteiger partial charge >= 0.3 is 0 Å². The molecular formula is C15H23NO. The van der Waals surface area contributed by atoms with Gasteiger partial charge in [0.25, 0.3) is 0 Å². The molecule has 1 aromatic heterocycles. The lowest BCUT2D eigenvalue weighted by Crippen LogP contribution is -2.16. The Hall–Kier alpha value is -0.890. The van der Waals surface area contributed by atoms with Crippen LogP contribution in [0.4, 0.5) is 0 Å². The van der Waals surface area contributed by atoms with E-state index >= 15 is 0 Å². The van der Waals surface area contributed by atoms with Gasteiger partial charge < -0.3 is 5.11 Å². The highest BCUT2D eigenvalue weighted by Crippen LogP contribution is 2.28. The molecule has 1 aromatic rings. The molecule has 1 unspecified atom stereocenters. The quantitative estimate of drug-likeness (QED) is 0.846. The summed E-state index contributed by atoms with van der Waals surface area (Å²) < 4.78 is 0. The first-order valence-electron chi connectivity index (χ1n) is 6.91. The van der Waals surface area contributed by atoms with E-state index in [0.717, 1.165) is 25.2 Å². The molecule has 1 fully saturated rings. The maximum absolute atomic E-state index is 10.0. The van der Waals surface area contributed by atoms with Gasteiger partial charge in [-0.25, -0.2) is 0 Å². The van der Waals surface area contributed by atoms with Crippen molar-refractivity contribution in [1.29, 1.82) is 0 Å². The summed E-state index contributed by atoms with van der Waals surface area (Å²) in [4.78, 5) is 4.10. The monoisotopic (exact) mass is 233 g/mol. The Bertz CT molecular complexity index is 306. The zero-order valence-electron chi connectivity index (χ0n) is 10.5. The molecule has 1 heterocycles. The predicted molar refractivity (Wildman–Crippen MR) is 69.8 cm³/mol. The Morgan fingerprint density at radius 2 is 2.12 bits per heavy atom. The molecule has 0 radical (unpaired) electrons. The molecule has 0 aliphatic heterocycles. The molecule has 0 saturated heterocycles. The summed E-state index contributed by atoms with van der Waals surface area (Å²) in [5.74, 6) is 0.771. The van der Waals surface area contributed by atoms with Gasteiger partial charge in [-0.15, -0.1) is 0 Å². The molecule has 1 aliphatic carbocycles. The third-order valence-corrected chi connectivity index (χ3v) is 3.82. The molecule has 2 nitrogen and oxygen atoms in total. The van der Waals surface area contributed by atoms with Crippen molar-refractivity contribution in [1.82, 2.24) is 4.98 Å². The van der Waals surface area contributed by atoms with Gasteiger partial charge in [-0.05, 0) is 36.8 Å². The minimum absolute atomic E-state index is 0.127. The van der Waals surface area contributed by atoms with Crippen molar-refractivity contribution in [2.45, 2.75) is 57.5 Å². The lowest BCUT2D eigenvalue weighted by atomic mass is 9.84. The number of aromatic nitrogens is 1. The molecule has 0 bridgehead atoms. The molecule has 94 valence electrons. The lowest BCUT2D eigenvalue weighted by Gasteiger charge is -2.23. The average molecular weight is 233 g/mol. The third-order valence-electron chi connectivity index (χ3n) is 3.82. The molecule has 1 saturated carbocycles. The zero-order valence-corrected chi connectivity index (χ0v) is 10.5. The molecule has 0 amide bonds. The van der Waals surface area contributed by atoms with Crippen molar-refractivity contribution in [3.05, 3.63) is 30.1 Å². The lowest BCUT2D eigenvalue weighted by molar-refractivity contribution is 0.122. The second-order valence-electron chi connectivity index (χ2n) is 5.29. The normalized spacial score (nSPS) is 19.1. The number of hydrogen-bond donors (Lipinski definition) is 1. The van der Waals surface area contributed by atoms with E-state index in [0.29, 0.717) is 0 Å². The molecule has 17 heavy (non-hydrogen) atoms. The number of pyridine rings is 1. The van der Waals surface area contributed by atoms with Crippen molar-refractivity contribution in [2.75, 3.05) is 0 Å². The minimum Gasteiger partial charge on any atom is -0.393 e. The molecule has 2 rings (SSSR count). The van der Waals surface area contributed by atoms with Crippen LogP contribution < -0.4 is 0 Å². The van der Waals surface area contributed by atoms with Crippen LogP contribution in [-0.2, 0) is 6.42 Å². The van der Waals surface area contributed by atoms with Gasteiger partial charge in [0.1, 0.15) is 0 Å². The third kappa shape index (κ3) is 4.47. The molecule has 2 heteroatoms. The number of hydrogen-bond acceptors (Lipinski definition) is 2. The van der Waals surface area contributed by atoms with E-state index in [1.165, 1.54) is 37.7 Å². The Morgan fingerprint density at radius 3 is 2.82 bits per heavy atom. The second kappa shape index (κ2) is 6.75. The largest absolute Gasteiger partial charge is 0.393 e. The molecule has 0 aromatic carbocycles. The van der Waals surface area contributed by atoms with Crippen LogP contribution in [0.15, 0.2) is 24.5 Å². The summed E-state index contributed by atoms with van der Waals surface area (Å²) in [6.45, 7) is 0. The fourth-order valence-corrected chi connectivity index (χ4v) is 2.80. The Morgan fingerprint density at radius 1 is 1.29 bits per heavy atom. The molecule has 0 spiro atoms. The number of rotatable bonds is 5. The molecular weight excluding hydrogens is 210 g/mol. The predicted octanol–water partition coefficient (Wildman–Crippen LogP) is 3.35. The van der Waals surface area contributed by atoms with Gasteiger partial charge in [0.15, 0.2) is 0 Å². The van der Waals surface area contributed by atoms with E-state index in [-0.39, 0.29) is 6.10 Å². The van der Waals surface area contributed by atoms with E-state index in [4.69, 9.17) is 0 Å². The van der Waals surface area contributed by atoms with Gasteiger partial charge in [0.2, 0.25) is 0 Å². The van der Waals surface area contributed by atoms with Crippen molar-refractivity contribution >= 4 is 0 Å². The maximum Gasteiger partial charge on any atom is 0.0546 e. The van der Waals surface area contributed by atoms with Crippen molar-refractivity contribution < 1.29 is 5.11 Å². The van der Waals surface area contributed by atoms with Gasteiger partial charge in [0.05, 0.1) is 6.10 Å². The fraction of sp³-hybridized carbons (Fsp3) is 0.667. The minimum atomic E-state index is -0.127. The van der Waals surface area contributed by atoms with Gasteiger partial charge in [-0.3, -0.25) is 4.98 Å². The Balaban J connectivity index is 1.68. The number of nitrogens with zero attached hydrogens (tertiary/aromatic N) is 1. The number of aryl methyl sites for hydroxylation is 1. The van der Waals surface area contributed by atoms with Crippen LogP contribution >= 0.6 is 0 Å². The van der Waals surface area contributed by atoms with Crippen molar-refractivity contribution in [3.63, 3.8) is 0 Å². The topological polar surface area (TPSA) is 33.1 Å². The highest BCUT2D eigenvalue weighted by molar-refractivity contribution is 5.08. The van der Waals surface area contributed by atoms with Crippen LogP contribution in [0.5, 0.6) is 0 Å². The summed E-state index contributed by atoms with van der Waals surface area (Å²) in [7, 11) is 0. The summed E-state index contributed by atoms with van der Waals surface area (Å²) in [5.41, 5.74) is 1.23. The number of aliphatic hydroxyl groups excluding tert-OH is 1. The maximum atomic E-state index is 10.0. The van der Waals surface area contributed by atoms with Crippen LogP contribution in [0, 0.1) is 5.92 Å². The Kier molecular flexibility index (Phi) is 4.99. The summed E-state index contributed by atoms with van der Waals surface area (Å²) in [5, 5.41) is 10.0. The van der Waals surface area contributed by atoms with E-state index in [9.17, 15) is 5.11 Å². The summed E-state index contributed by atoms with van der Waals surface area (Å²) in [6, 6.07) is 4.04. The highest BCUT2D eigenvalue weighted by Gasteiger charge is 2.17. The molecule has 1 aliphatic rings. The van der Waals surface area contributed by atoms with E-state index in [2.05, 4.69) is 11.1 Å². The van der Waals surface area contributed by atoms with Crippen LogP contribution in [-0.4, -0.2) is 16.2 Å². The first-order valence-corrected chi connectivity index (χ1v) is 6.91. The standard InChI is InChI=1S/C15H23NO/c17-15(11-13-5-2-1-3-6-13)9-8-14-7-4-10-16-12-14/h4,7,10,12-13,15,17H,1-3,5-6,8-9,11H2. The first kappa shape index (κ1) is 12.6. The molecule has 1 N–H and O–H groups in total. The van der Waals surface area contributed by atoms with Crippen molar-refractivity contribution in [2.24, 2.45) is 5.92 Å². The first-order chi connectivity index (χ1) is 8.34. The van der Waals surface area contributed by atoms with E-state index in [1.54, 1.807) is 6.20 Å². The Labute approximate surface area is 104 Å². The number of aliphatic hydroxyl groups is 1. The smallest absolute Gasteiger partial charge is 0.0546 e. The highest BCUT2D eigenvalue weighted by atomic mass is 16.3. The SMILES string of the molecule is OC(CCc1cccnc1)CC1CCCCC1. The second-order valence-corrected chi connectivity index (χ2v) is 5.29. The van der Waals surface area contributed by atoms with Crippen LogP contribution in [0.3, 0.4) is 0 Å². The summed E-state index contributed by atoms with van der Waals surface area (Å²) in [6.07, 6.45) is 13.1. The van der Waals surface area contributed by atoms with Crippen LogP contribution in [0.1, 0.15) is 50.5 Å².